The number of aromatic nitrogens is 1. The standard InChI is InChI=1S/C35H42IN5O2/c1-23(2)28-13-9-14-29(24(3)36)33(28)40-35(43)39-32(20-26-21-37-31-15-8-7-12-30(26)31)34(42)38-27-16-18-41(19-17-27)22-25-10-5-4-6-11-25/h4-15,21,23-24,27,32,37H,16-20,22H2,1-3H3,(H,38,42)(H2,39,40,43). The number of halogens is 1. The molecule has 4 N–H and O–H groups in total. The van der Waals surface area contributed by atoms with Crippen LogP contribution in [-0.2, 0) is 17.8 Å². The number of fused-ring (bicyclic) bond motifs is 1. The lowest BCUT2D eigenvalue weighted by atomic mass is 9.96. The highest BCUT2D eigenvalue weighted by molar-refractivity contribution is 14.1. The number of hydrogen-bond acceptors (Lipinski definition) is 3. The van der Waals surface area contributed by atoms with Gasteiger partial charge in [-0.15, -0.1) is 0 Å². The molecule has 1 saturated heterocycles. The minimum absolute atomic E-state index is 0.0722. The summed E-state index contributed by atoms with van der Waals surface area (Å²) < 4.78 is 0.213. The van der Waals surface area contributed by atoms with Crippen LogP contribution in [0.2, 0.25) is 0 Å². The van der Waals surface area contributed by atoms with Crippen LogP contribution in [0.5, 0.6) is 0 Å². The Morgan fingerprint density at radius 1 is 0.930 bits per heavy atom. The van der Waals surface area contributed by atoms with Crippen LogP contribution in [0, 0.1) is 0 Å². The Kier molecular flexibility index (Phi) is 10.4. The van der Waals surface area contributed by atoms with Crippen molar-refractivity contribution in [3.63, 3.8) is 0 Å². The summed E-state index contributed by atoms with van der Waals surface area (Å²) in [5.41, 5.74) is 6.29. The number of nitrogens with one attached hydrogen (secondary N) is 4. The van der Waals surface area contributed by atoms with E-state index in [2.05, 4.69) is 106 Å². The summed E-state index contributed by atoms with van der Waals surface area (Å²) in [7, 11) is 0. The number of piperidine rings is 1. The van der Waals surface area contributed by atoms with Crippen molar-refractivity contribution in [1.29, 1.82) is 0 Å². The first-order valence-electron chi connectivity index (χ1n) is 15.2. The van der Waals surface area contributed by atoms with Crippen molar-refractivity contribution in [2.75, 3.05) is 18.4 Å². The Hall–Kier alpha value is -3.37. The Morgan fingerprint density at radius 3 is 2.35 bits per heavy atom. The molecule has 43 heavy (non-hydrogen) atoms. The number of likely N-dealkylation sites (tertiary alicyclic amines) is 1. The topological polar surface area (TPSA) is 89.3 Å². The molecule has 0 spiro atoms. The Bertz CT molecular complexity index is 1500. The first kappa shape index (κ1) is 31.1. The second-order valence-electron chi connectivity index (χ2n) is 11.8. The number of urea groups is 1. The lowest BCUT2D eigenvalue weighted by Gasteiger charge is -2.33. The molecule has 2 atom stereocenters. The Morgan fingerprint density at radius 2 is 1.63 bits per heavy atom. The highest BCUT2D eigenvalue weighted by Crippen LogP contribution is 2.35. The van der Waals surface area contributed by atoms with E-state index in [1.807, 2.05) is 42.6 Å². The summed E-state index contributed by atoms with van der Waals surface area (Å²) >= 11 is 2.37. The van der Waals surface area contributed by atoms with Crippen LogP contribution in [0.1, 0.15) is 65.7 Å². The molecule has 8 heteroatoms. The third-order valence-corrected chi connectivity index (χ3v) is 8.99. The van der Waals surface area contributed by atoms with E-state index in [-0.39, 0.29) is 27.8 Å². The molecule has 1 aliphatic heterocycles. The molecule has 3 amide bonds. The minimum atomic E-state index is -0.728. The molecule has 7 nitrogen and oxygen atoms in total. The smallest absolute Gasteiger partial charge is 0.319 e. The van der Waals surface area contributed by atoms with Crippen LogP contribution < -0.4 is 16.0 Å². The molecule has 2 heterocycles. The van der Waals surface area contributed by atoms with Gasteiger partial charge in [0.25, 0.3) is 0 Å². The average Bonchev–Trinajstić information content (AvgIpc) is 3.41. The average molecular weight is 692 g/mol. The summed E-state index contributed by atoms with van der Waals surface area (Å²) in [6, 6.07) is 23.7. The maximum atomic E-state index is 13.8. The zero-order chi connectivity index (χ0) is 30.3. The number of aromatic amines is 1. The van der Waals surface area contributed by atoms with Crippen LogP contribution in [0.4, 0.5) is 10.5 Å². The number of alkyl halides is 1. The maximum Gasteiger partial charge on any atom is 0.319 e. The van der Waals surface area contributed by atoms with Crippen LogP contribution in [0.3, 0.4) is 0 Å². The fourth-order valence-electron chi connectivity index (χ4n) is 5.96. The van der Waals surface area contributed by atoms with Crippen LogP contribution in [-0.4, -0.2) is 47.0 Å². The molecule has 226 valence electrons. The third-order valence-electron chi connectivity index (χ3n) is 8.32. The van der Waals surface area contributed by atoms with Gasteiger partial charge >= 0.3 is 6.03 Å². The molecule has 0 bridgehead atoms. The molecule has 0 radical (unpaired) electrons. The predicted molar refractivity (Wildman–Crippen MR) is 184 cm³/mol. The summed E-state index contributed by atoms with van der Waals surface area (Å²) in [6.07, 6.45) is 4.08. The number of anilines is 1. The van der Waals surface area contributed by atoms with Crippen molar-refractivity contribution in [2.24, 2.45) is 0 Å². The van der Waals surface area contributed by atoms with Crippen molar-refractivity contribution in [1.82, 2.24) is 20.5 Å². The number of rotatable bonds is 10. The predicted octanol–water partition coefficient (Wildman–Crippen LogP) is 7.30. The van der Waals surface area contributed by atoms with Gasteiger partial charge < -0.3 is 20.9 Å². The molecule has 4 aromatic rings. The van der Waals surface area contributed by atoms with Gasteiger partial charge in [0.15, 0.2) is 0 Å². The van der Waals surface area contributed by atoms with Crippen LogP contribution in [0.25, 0.3) is 10.9 Å². The monoisotopic (exact) mass is 691 g/mol. The third kappa shape index (κ3) is 7.97. The maximum absolute atomic E-state index is 13.8. The number of H-pyrrole nitrogens is 1. The highest BCUT2D eigenvalue weighted by atomic mass is 127. The fraction of sp³-hybridized carbons (Fsp3) is 0.371. The first-order valence-corrected chi connectivity index (χ1v) is 16.5. The number of carbonyl (C=O) groups is 2. The van der Waals surface area contributed by atoms with E-state index in [1.54, 1.807) is 0 Å². The molecule has 5 rings (SSSR count). The summed E-state index contributed by atoms with van der Waals surface area (Å²) in [4.78, 5) is 33.1. The molecular weight excluding hydrogens is 649 g/mol. The van der Waals surface area contributed by atoms with Crippen LogP contribution in [0.15, 0.2) is 79.0 Å². The molecule has 2 unspecified atom stereocenters. The van der Waals surface area contributed by atoms with Gasteiger partial charge in [0.1, 0.15) is 6.04 Å². The molecule has 0 saturated carbocycles. The molecule has 0 aliphatic carbocycles. The number of hydrogen-bond donors (Lipinski definition) is 4. The van der Waals surface area contributed by atoms with Crippen molar-refractivity contribution >= 4 is 51.1 Å². The largest absolute Gasteiger partial charge is 0.361 e. The molecule has 1 aliphatic rings. The van der Waals surface area contributed by atoms with Gasteiger partial charge in [0.2, 0.25) is 5.91 Å². The second-order valence-corrected chi connectivity index (χ2v) is 13.7. The highest BCUT2D eigenvalue weighted by Gasteiger charge is 2.28. The van der Waals surface area contributed by atoms with Gasteiger partial charge in [0.05, 0.1) is 5.69 Å². The van der Waals surface area contributed by atoms with Crippen molar-refractivity contribution in [3.05, 3.63) is 101 Å². The van der Waals surface area contributed by atoms with Crippen LogP contribution >= 0.6 is 22.6 Å². The van der Waals surface area contributed by atoms with Gasteiger partial charge in [-0.25, -0.2) is 4.79 Å². The molecule has 3 aromatic carbocycles. The molecule has 1 aromatic heterocycles. The number of para-hydroxylation sites is 2. The first-order chi connectivity index (χ1) is 20.8. The zero-order valence-electron chi connectivity index (χ0n) is 25.2. The van der Waals surface area contributed by atoms with Gasteiger partial charge in [-0.1, -0.05) is 103 Å². The molecule has 1 fully saturated rings. The number of benzene rings is 3. The van der Waals surface area contributed by atoms with E-state index in [0.29, 0.717) is 6.42 Å². The summed E-state index contributed by atoms with van der Waals surface area (Å²) in [5, 5.41) is 10.5. The normalized spacial score (nSPS) is 15.7. The van der Waals surface area contributed by atoms with E-state index in [1.165, 1.54) is 5.56 Å². The summed E-state index contributed by atoms with van der Waals surface area (Å²) in [5.74, 6) is 0.0880. The van der Waals surface area contributed by atoms with E-state index in [4.69, 9.17) is 0 Å². The second kappa shape index (κ2) is 14.4. The fourth-order valence-corrected chi connectivity index (χ4v) is 6.48. The lowest BCUT2D eigenvalue weighted by Crippen LogP contribution is -2.53. The molecular formula is C35H42IN5O2. The van der Waals surface area contributed by atoms with Crippen molar-refractivity contribution in [2.45, 2.75) is 68.5 Å². The number of amides is 3. The van der Waals surface area contributed by atoms with Gasteiger partial charge in [-0.05, 0) is 54.0 Å². The van der Waals surface area contributed by atoms with Gasteiger partial charge in [0, 0.05) is 53.1 Å². The Balaban J connectivity index is 1.29. The summed E-state index contributed by atoms with van der Waals surface area (Å²) in [6.45, 7) is 9.12. The minimum Gasteiger partial charge on any atom is -0.361 e. The van der Waals surface area contributed by atoms with E-state index in [9.17, 15) is 9.59 Å². The van der Waals surface area contributed by atoms with Gasteiger partial charge in [-0.2, -0.15) is 0 Å². The van der Waals surface area contributed by atoms with E-state index in [0.717, 1.165) is 65.8 Å². The van der Waals surface area contributed by atoms with Crippen molar-refractivity contribution < 1.29 is 9.59 Å². The SMILES string of the molecule is CC(C)c1cccc(C(C)I)c1NC(=O)NC(Cc1c[nH]c2ccccc12)C(=O)NC1CCN(Cc2ccccc2)CC1. The van der Waals surface area contributed by atoms with E-state index < -0.39 is 6.04 Å². The van der Waals surface area contributed by atoms with Gasteiger partial charge in [-0.3, -0.25) is 9.69 Å². The Labute approximate surface area is 268 Å². The van der Waals surface area contributed by atoms with Crippen molar-refractivity contribution in [3.8, 4) is 0 Å². The zero-order valence-corrected chi connectivity index (χ0v) is 27.4. The van der Waals surface area contributed by atoms with E-state index >= 15 is 0 Å². The quantitative estimate of drug-likeness (QED) is 0.104. The number of nitrogens with zero attached hydrogens (tertiary/aromatic N) is 1. The number of carbonyl (C=O) groups excluding carboxylic acids is 2. The lowest BCUT2D eigenvalue weighted by molar-refractivity contribution is -0.123.